The molecule has 1 fully saturated rings. The van der Waals surface area contributed by atoms with Gasteiger partial charge in [0.25, 0.3) is 5.91 Å². The summed E-state index contributed by atoms with van der Waals surface area (Å²) in [5, 5.41) is 8.27. The summed E-state index contributed by atoms with van der Waals surface area (Å²) in [7, 11) is 1.51. The van der Waals surface area contributed by atoms with E-state index in [1.54, 1.807) is 54.0 Å². The third kappa shape index (κ3) is 4.74. The highest BCUT2D eigenvalue weighted by Crippen LogP contribution is 2.35. The maximum absolute atomic E-state index is 12.8. The SMILES string of the molecule is COc1ccc(Cl)cc1N1CC(C(=O)Nc2ccc(C(=O)Nc3nccs3)cc2)CC1=O. The molecule has 2 heterocycles. The van der Waals surface area contributed by atoms with Crippen LogP contribution in [0, 0.1) is 5.92 Å². The largest absolute Gasteiger partial charge is 0.495 e. The lowest BCUT2D eigenvalue weighted by Gasteiger charge is -2.20. The van der Waals surface area contributed by atoms with Gasteiger partial charge in [-0.25, -0.2) is 4.98 Å². The van der Waals surface area contributed by atoms with Crippen molar-refractivity contribution in [3.8, 4) is 5.75 Å². The molecule has 1 unspecified atom stereocenters. The topological polar surface area (TPSA) is 101 Å². The molecule has 0 radical (unpaired) electrons. The van der Waals surface area contributed by atoms with Crippen LogP contribution in [-0.4, -0.2) is 36.4 Å². The van der Waals surface area contributed by atoms with Crippen LogP contribution in [0.4, 0.5) is 16.5 Å². The first-order chi connectivity index (χ1) is 15.4. The van der Waals surface area contributed by atoms with E-state index in [2.05, 4.69) is 15.6 Å². The zero-order chi connectivity index (χ0) is 22.7. The molecule has 2 N–H and O–H groups in total. The molecule has 0 aliphatic carbocycles. The quantitative estimate of drug-likeness (QED) is 0.566. The first-order valence-electron chi connectivity index (χ1n) is 9.70. The van der Waals surface area contributed by atoms with E-state index in [1.165, 1.54) is 23.3 Å². The number of thiazole rings is 1. The lowest BCUT2D eigenvalue weighted by molar-refractivity contribution is -0.122. The highest BCUT2D eigenvalue weighted by molar-refractivity contribution is 7.13. The molecular weight excluding hydrogens is 452 g/mol. The molecule has 1 atom stereocenters. The Morgan fingerprint density at radius 2 is 1.97 bits per heavy atom. The van der Waals surface area contributed by atoms with Gasteiger partial charge in [-0.2, -0.15) is 0 Å². The van der Waals surface area contributed by atoms with Crippen molar-refractivity contribution in [1.82, 2.24) is 4.98 Å². The second-order valence-corrected chi connectivity index (χ2v) is 8.41. The van der Waals surface area contributed by atoms with Crippen LogP contribution in [0.5, 0.6) is 5.75 Å². The smallest absolute Gasteiger partial charge is 0.257 e. The third-order valence-electron chi connectivity index (χ3n) is 4.99. The molecule has 2 aromatic carbocycles. The minimum Gasteiger partial charge on any atom is -0.495 e. The average Bonchev–Trinajstić information content (AvgIpc) is 3.43. The number of hydrogen-bond acceptors (Lipinski definition) is 6. The highest BCUT2D eigenvalue weighted by Gasteiger charge is 2.36. The Balaban J connectivity index is 1.40. The summed E-state index contributed by atoms with van der Waals surface area (Å²) in [6, 6.07) is 11.5. The van der Waals surface area contributed by atoms with Gasteiger partial charge < -0.3 is 15.0 Å². The zero-order valence-electron chi connectivity index (χ0n) is 17.0. The summed E-state index contributed by atoms with van der Waals surface area (Å²) in [6.45, 7) is 0.218. The van der Waals surface area contributed by atoms with Gasteiger partial charge in [-0.15, -0.1) is 11.3 Å². The number of halogens is 1. The van der Waals surface area contributed by atoms with Gasteiger partial charge in [0.2, 0.25) is 11.8 Å². The summed E-state index contributed by atoms with van der Waals surface area (Å²) < 4.78 is 5.33. The number of nitrogens with zero attached hydrogens (tertiary/aromatic N) is 2. The molecule has 0 saturated carbocycles. The van der Waals surface area contributed by atoms with Crippen molar-refractivity contribution in [2.45, 2.75) is 6.42 Å². The van der Waals surface area contributed by atoms with E-state index >= 15 is 0 Å². The summed E-state index contributed by atoms with van der Waals surface area (Å²) in [4.78, 5) is 43.1. The van der Waals surface area contributed by atoms with Crippen molar-refractivity contribution in [2.24, 2.45) is 5.92 Å². The molecule has 1 saturated heterocycles. The first-order valence-corrected chi connectivity index (χ1v) is 11.0. The number of methoxy groups -OCH3 is 1. The van der Waals surface area contributed by atoms with Crippen LogP contribution in [0.2, 0.25) is 5.02 Å². The Bertz CT molecular complexity index is 1150. The Morgan fingerprint density at radius 3 is 2.66 bits per heavy atom. The van der Waals surface area contributed by atoms with Crippen LogP contribution in [0.3, 0.4) is 0 Å². The van der Waals surface area contributed by atoms with Crippen LogP contribution in [-0.2, 0) is 9.59 Å². The molecule has 3 amide bonds. The maximum atomic E-state index is 12.8. The molecule has 164 valence electrons. The van der Waals surface area contributed by atoms with Crippen LogP contribution >= 0.6 is 22.9 Å². The molecule has 3 aromatic rings. The molecule has 0 bridgehead atoms. The van der Waals surface area contributed by atoms with Crippen molar-refractivity contribution >= 4 is 57.2 Å². The number of aromatic nitrogens is 1. The molecule has 0 spiro atoms. The van der Waals surface area contributed by atoms with Crippen molar-refractivity contribution in [1.29, 1.82) is 0 Å². The first kappa shape index (κ1) is 21.8. The third-order valence-corrected chi connectivity index (χ3v) is 5.92. The number of benzene rings is 2. The highest BCUT2D eigenvalue weighted by atomic mass is 35.5. The number of amides is 3. The van der Waals surface area contributed by atoms with E-state index in [-0.39, 0.29) is 30.7 Å². The zero-order valence-corrected chi connectivity index (χ0v) is 18.6. The number of carbonyl (C=O) groups is 3. The Kier molecular flexibility index (Phi) is 6.38. The van der Waals surface area contributed by atoms with E-state index < -0.39 is 5.92 Å². The molecule has 1 aliphatic heterocycles. The van der Waals surface area contributed by atoms with Gasteiger partial charge >= 0.3 is 0 Å². The van der Waals surface area contributed by atoms with Gasteiger partial charge in [-0.3, -0.25) is 19.7 Å². The molecular formula is C22H19ClN4O4S. The van der Waals surface area contributed by atoms with Gasteiger partial charge in [-0.05, 0) is 42.5 Å². The number of nitrogens with one attached hydrogen (secondary N) is 2. The number of ether oxygens (including phenoxy) is 1. The lowest BCUT2D eigenvalue weighted by Crippen LogP contribution is -2.28. The van der Waals surface area contributed by atoms with Crippen LogP contribution in [0.25, 0.3) is 0 Å². The number of anilines is 3. The fraction of sp³-hybridized carbons (Fsp3) is 0.182. The number of hydrogen-bond donors (Lipinski definition) is 2. The lowest BCUT2D eigenvalue weighted by atomic mass is 10.1. The van der Waals surface area contributed by atoms with Crippen molar-refractivity contribution in [3.63, 3.8) is 0 Å². The number of rotatable bonds is 6. The summed E-state index contributed by atoms with van der Waals surface area (Å²) >= 11 is 7.40. The second-order valence-electron chi connectivity index (χ2n) is 7.08. The molecule has 1 aromatic heterocycles. The normalized spacial score (nSPS) is 15.5. The van der Waals surface area contributed by atoms with Gasteiger partial charge in [0.15, 0.2) is 5.13 Å². The minimum atomic E-state index is -0.529. The van der Waals surface area contributed by atoms with Crippen molar-refractivity contribution < 1.29 is 19.1 Å². The molecule has 10 heteroatoms. The average molecular weight is 471 g/mol. The minimum absolute atomic E-state index is 0.0792. The van der Waals surface area contributed by atoms with Crippen molar-refractivity contribution in [2.75, 3.05) is 29.2 Å². The van der Waals surface area contributed by atoms with E-state index in [9.17, 15) is 14.4 Å². The van der Waals surface area contributed by atoms with E-state index in [1.807, 2.05) is 0 Å². The van der Waals surface area contributed by atoms with E-state index in [0.717, 1.165) is 0 Å². The predicted octanol–water partition coefficient (Wildman–Crippen LogP) is 4.05. The molecule has 32 heavy (non-hydrogen) atoms. The molecule has 4 rings (SSSR count). The molecule has 1 aliphatic rings. The van der Waals surface area contributed by atoms with Crippen LogP contribution in [0.15, 0.2) is 54.0 Å². The summed E-state index contributed by atoms with van der Waals surface area (Å²) in [5.41, 5.74) is 1.51. The number of carbonyl (C=O) groups excluding carboxylic acids is 3. The summed E-state index contributed by atoms with van der Waals surface area (Å²) in [6.07, 6.45) is 1.69. The molecule has 8 nitrogen and oxygen atoms in total. The second kappa shape index (κ2) is 9.37. The van der Waals surface area contributed by atoms with Gasteiger partial charge in [0.1, 0.15) is 5.75 Å². The fourth-order valence-corrected chi connectivity index (χ4v) is 4.08. The van der Waals surface area contributed by atoms with E-state index in [4.69, 9.17) is 16.3 Å². The Morgan fingerprint density at radius 1 is 1.19 bits per heavy atom. The van der Waals surface area contributed by atoms with Crippen LogP contribution < -0.4 is 20.3 Å². The Hall–Kier alpha value is -3.43. The standard InChI is InChI=1S/C22H19ClN4O4S/c1-31-18-7-4-15(23)11-17(18)27-12-14(10-19(27)28)21(30)25-16-5-2-13(3-6-16)20(29)26-22-24-8-9-32-22/h2-9,11,14H,10,12H2,1H3,(H,25,30)(H,24,26,29). The van der Waals surface area contributed by atoms with Gasteiger partial charge in [-0.1, -0.05) is 11.6 Å². The maximum Gasteiger partial charge on any atom is 0.257 e. The van der Waals surface area contributed by atoms with Crippen molar-refractivity contribution in [3.05, 3.63) is 64.6 Å². The van der Waals surface area contributed by atoms with Gasteiger partial charge in [0.05, 0.1) is 18.7 Å². The Labute approximate surface area is 193 Å². The van der Waals surface area contributed by atoms with Gasteiger partial charge in [0, 0.05) is 40.8 Å². The fourth-order valence-electron chi connectivity index (χ4n) is 3.39. The van der Waals surface area contributed by atoms with Crippen LogP contribution in [0.1, 0.15) is 16.8 Å². The predicted molar refractivity (Wildman–Crippen MR) is 124 cm³/mol. The summed E-state index contributed by atoms with van der Waals surface area (Å²) in [5.74, 6) is -0.762. The monoisotopic (exact) mass is 470 g/mol. The van der Waals surface area contributed by atoms with E-state index in [0.29, 0.717) is 32.8 Å².